The Morgan fingerprint density at radius 2 is 2.05 bits per heavy atom. The summed E-state index contributed by atoms with van der Waals surface area (Å²) < 4.78 is 11.2. The minimum Gasteiger partial charge on any atom is -0.424 e. The minimum atomic E-state index is 0.462. The zero-order valence-electron chi connectivity index (χ0n) is 12.8. The molecule has 2 saturated heterocycles. The molecule has 0 bridgehead atoms. The van der Waals surface area contributed by atoms with Crippen molar-refractivity contribution in [3.8, 4) is 0 Å². The first kappa shape index (κ1) is 14.0. The molecule has 22 heavy (non-hydrogen) atoms. The van der Waals surface area contributed by atoms with Crippen LogP contribution in [0.25, 0.3) is 11.1 Å². The van der Waals surface area contributed by atoms with Gasteiger partial charge in [0.15, 0.2) is 5.58 Å². The molecule has 1 atom stereocenters. The van der Waals surface area contributed by atoms with E-state index in [-0.39, 0.29) is 0 Å². The van der Waals surface area contributed by atoms with E-state index in [4.69, 9.17) is 9.15 Å². The molecule has 118 valence electrons. The van der Waals surface area contributed by atoms with Gasteiger partial charge in [0.1, 0.15) is 5.52 Å². The molecular formula is C17H23N3O2. The highest BCUT2D eigenvalue weighted by molar-refractivity contribution is 5.74. The van der Waals surface area contributed by atoms with E-state index >= 15 is 0 Å². The molecule has 0 aliphatic carbocycles. The number of piperidine rings is 1. The van der Waals surface area contributed by atoms with Crippen molar-refractivity contribution in [3.05, 3.63) is 24.3 Å². The number of aromatic nitrogens is 1. The Bertz CT molecular complexity index is 580. The van der Waals surface area contributed by atoms with Gasteiger partial charge in [-0.25, -0.2) is 0 Å². The van der Waals surface area contributed by atoms with Gasteiger partial charge in [-0.05, 0) is 37.3 Å². The lowest BCUT2D eigenvalue weighted by Crippen LogP contribution is -2.41. The van der Waals surface area contributed by atoms with Gasteiger partial charge in [0, 0.05) is 32.3 Å². The Hall–Kier alpha value is -1.59. The molecule has 3 heterocycles. The van der Waals surface area contributed by atoms with Crippen LogP contribution in [0, 0.1) is 5.92 Å². The molecule has 1 aromatic heterocycles. The quantitative estimate of drug-likeness (QED) is 0.941. The molecule has 2 aliphatic heterocycles. The number of nitrogens with one attached hydrogen (secondary N) is 1. The maximum absolute atomic E-state index is 5.75. The zero-order chi connectivity index (χ0) is 14.8. The molecule has 2 fully saturated rings. The topological polar surface area (TPSA) is 50.5 Å². The molecule has 0 radical (unpaired) electrons. The highest BCUT2D eigenvalue weighted by Gasteiger charge is 2.24. The first-order chi connectivity index (χ1) is 10.9. The predicted molar refractivity (Wildman–Crippen MR) is 86.0 cm³/mol. The summed E-state index contributed by atoms with van der Waals surface area (Å²) in [5, 5.41) is 3.46. The third-order valence-corrected chi connectivity index (χ3v) is 4.75. The van der Waals surface area contributed by atoms with Crippen molar-refractivity contribution in [2.24, 2.45) is 5.92 Å². The summed E-state index contributed by atoms with van der Waals surface area (Å²) in [7, 11) is 0. The second-order valence-electron chi connectivity index (χ2n) is 6.44. The maximum Gasteiger partial charge on any atom is 0.295 e. The largest absolute Gasteiger partial charge is 0.424 e. The fraction of sp³-hybridized carbons (Fsp3) is 0.588. The second-order valence-corrected chi connectivity index (χ2v) is 6.44. The highest BCUT2D eigenvalue weighted by Crippen LogP contribution is 2.22. The SMILES string of the molecule is c1ccc2oc(NC3CCN(CC4CCOC4)CC3)nc2c1. The molecule has 0 amide bonds. The fourth-order valence-corrected chi connectivity index (χ4v) is 3.46. The average molecular weight is 301 g/mol. The van der Waals surface area contributed by atoms with Gasteiger partial charge in [0.25, 0.3) is 6.01 Å². The summed E-state index contributed by atoms with van der Waals surface area (Å²) in [6.07, 6.45) is 3.51. The van der Waals surface area contributed by atoms with Gasteiger partial charge in [0.2, 0.25) is 0 Å². The number of rotatable bonds is 4. The van der Waals surface area contributed by atoms with Crippen LogP contribution in [0.5, 0.6) is 0 Å². The second kappa shape index (κ2) is 6.26. The number of anilines is 1. The lowest BCUT2D eigenvalue weighted by Gasteiger charge is -2.33. The summed E-state index contributed by atoms with van der Waals surface area (Å²) >= 11 is 0. The van der Waals surface area contributed by atoms with Crippen molar-refractivity contribution in [2.45, 2.75) is 25.3 Å². The van der Waals surface area contributed by atoms with Crippen LogP contribution >= 0.6 is 0 Å². The van der Waals surface area contributed by atoms with Gasteiger partial charge >= 0.3 is 0 Å². The Morgan fingerprint density at radius 1 is 1.18 bits per heavy atom. The molecule has 2 aliphatic rings. The molecule has 5 heteroatoms. The van der Waals surface area contributed by atoms with Crippen LogP contribution in [-0.2, 0) is 4.74 Å². The number of hydrogen-bond donors (Lipinski definition) is 1. The first-order valence-corrected chi connectivity index (χ1v) is 8.29. The molecule has 4 rings (SSSR count). The van der Waals surface area contributed by atoms with Crippen molar-refractivity contribution in [3.63, 3.8) is 0 Å². The number of ether oxygens (including phenoxy) is 1. The number of nitrogens with zero attached hydrogens (tertiary/aromatic N) is 2. The fourth-order valence-electron chi connectivity index (χ4n) is 3.46. The monoisotopic (exact) mass is 301 g/mol. The van der Waals surface area contributed by atoms with E-state index < -0.39 is 0 Å². The molecule has 0 saturated carbocycles. The van der Waals surface area contributed by atoms with E-state index in [2.05, 4.69) is 15.2 Å². The van der Waals surface area contributed by atoms with Crippen molar-refractivity contribution < 1.29 is 9.15 Å². The summed E-state index contributed by atoms with van der Waals surface area (Å²) in [6.45, 7) is 5.37. The Kier molecular flexibility index (Phi) is 3.99. The van der Waals surface area contributed by atoms with Crippen molar-refractivity contribution in [1.29, 1.82) is 0 Å². The zero-order valence-corrected chi connectivity index (χ0v) is 12.8. The third-order valence-electron chi connectivity index (χ3n) is 4.75. The first-order valence-electron chi connectivity index (χ1n) is 8.29. The van der Waals surface area contributed by atoms with E-state index in [9.17, 15) is 0 Å². The number of hydrogen-bond acceptors (Lipinski definition) is 5. The summed E-state index contributed by atoms with van der Waals surface area (Å²) in [6, 6.07) is 9.02. The lowest BCUT2D eigenvalue weighted by molar-refractivity contribution is 0.154. The Balaban J connectivity index is 1.29. The van der Waals surface area contributed by atoms with Gasteiger partial charge in [-0.1, -0.05) is 12.1 Å². The normalized spacial score (nSPS) is 24.1. The van der Waals surface area contributed by atoms with E-state index in [0.717, 1.165) is 56.2 Å². The van der Waals surface area contributed by atoms with Crippen LogP contribution in [0.1, 0.15) is 19.3 Å². The molecule has 5 nitrogen and oxygen atoms in total. The molecule has 1 N–H and O–H groups in total. The number of fused-ring (bicyclic) bond motifs is 1. The van der Waals surface area contributed by atoms with Crippen LogP contribution in [-0.4, -0.2) is 48.8 Å². The predicted octanol–water partition coefficient (Wildman–Crippen LogP) is 2.74. The summed E-state index contributed by atoms with van der Waals surface area (Å²) in [4.78, 5) is 7.07. The maximum atomic E-state index is 5.75. The van der Waals surface area contributed by atoms with Gasteiger partial charge in [0.05, 0.1) is 6.61 Å². The van der Waals surface area contributed by atoms with E-state index in [1.165, 1.54) is 13.0 Å². The van der Waals surface area contributed by atoms with Crippen molar-refractivity contribution in [1.82, 2.24) is 9.88 Å². The lowest BCUT2D eigenvalue weighted by atomic mass is 10.0. The summed E-state index contributed by atoms with van der Waals surface area (Å²) in [5.41, 5.74) is 1.77. The number of oxazole rings is 1. The van der Waals surface area contributed by atoms with Crippen molar-refractivity contribution >= 4 is 17.1 Å². The van der Waals surface area contributed by atoms with Gasteiger partial charge in [-0.3, -0.25) is 0 Å². The van der Waals surface area contributed by atoms with Crippen LogP contribution in [0.15, 0.2) is 28.7 Å². The van der Waals surface area contributed by atoms with Gasteiger partial charge in [-0.15, -0.1) is 0 Å². The number of likely N-dealkylation sites (tertiary alicyclic amines) is 1. The standard InChI is InChI=1S/C17H23N3O2/c1-2-4-16-15(3-1)19-17(22-16)18-14-5-8-20(9-6-14)11-13-7-10-21-12-13/h1-4,13-14H,5-12H2,(H,18,19). The smallest absolute Gasteiger partial charge is 0.295 e. The van der Waals surface area contributed by atoms with Crippen molar-refractivity contribution in [2.75, 3.05) is 38.2 Å². The number of para-hydroxylation sites is 2. The Morgan fingerprint density at radius 3 is 2.82 bits per heavy atom. The minimum absolute atomic E-state index is 0.462. The molecular weight excluding hydrogens is 278 g/mol. The van der Waals surface area contributed by atoms with Crippen LogP contribution in [0.2, 0.25) is 0 Å². The van der Waals surface area contributed by atoms with E-state index in [1.54, 1.807) is 0 Å². The van der Waals surface area contributed by atoms with Crippen LogP contribution in [0.4, 0.5) is 6.01 Å². The molecule has 1 unspecified atom stereocenters. The molecule has 1 aromatic carbocycles. The highest BCUT2D eigenvalue weighted by atomic mass is 16.5. The van der Waals surface area contributed by atoms with E-state index in [0.29, 0.717) is 12.1 Å². The van der Waals surface area contributed by atoms with E-state index in [1.807, 2.05) is 24.3 Å². The van der Waals surface area contributed by atoms with Gasteiger partial charge < -0.3 is 19.4 Å². The molecule has 2 aromatic rings. The molecule has 0 spiro atoms. The average Bonchev–Trinajstić information content (AvgIpc) is 3.18. The van der Waals surface area contributed by atoms with Crippen LogP contribution < -0.4 is 5.32 Å². The Labute approximate surface area is 130 Å². The van der Waals surface area contributed by atoms with Gasteiger partial charge in [-0.2, -0.15) is 4.98 Å². The third kappa shape index (κ3) is 3.10. The summed E-state index contributed by atoms with van der Waals surface area (Å²) in [5.74, 6) is 0.738. The number of benzene rings is 1. The van der Waals surface area contributed by atoms with Crippen LogP contribution in [0.3, 0.4) is 0 Å².